The lowest BCUT2D eigenvalue weighted by Gasteiger charge is -2.18. The number of rotatable bonds is 4. The monoisotopic (exact) mass is 147 g/mol. The van der Waals surface area contributed by atoms with Gasteiger partial charge in [0.2, 0.25) is 0 Å². The maximum atomic E-state index is 9.90. The maximum Gasteiger partial charge on any atom is 0.151 e. The lowest BCUT2D eigenvalue weighted by molar-refractivity contribution is -0.121. The van der Waals surface area contributed by atoms with Gasteiger partial charge in [0.15, 0.2) is 6.29 Å². The van der Waals surface area contributed by atoms with Crippen LogP contribution in [0.2, 0.25) is 0 Å². The highest BCUT2D eigenvalue weighted by Crippen LogP contribution is 1.98. The highest BCUT2D eigenvalue weighted by Gasteiger charge is 2.20. The Morgan fingerprint density at radius 3 is 2.40 bits per heavy atom. The number of carbonyl (C=O) groups excluding carboxylic acids is 1. The van der Waals surface area contributed by atoms with E-state index >= 15 is 0 Å². The highest BCUT2D eigenvalue weighted by molar-refractivity contribution is 5.56. The zero-order valence-corrected chi connectivity index (χ0v) is 5.90. The summed E-state index contributed by atoms with van der Waals surface area (Å²) in [4.78, 5) is 9.90. The third kappa shape index (κ3) is 2.43. The zero-order chi connectivity index (χ0) is 8.15. The van der Waals surface area contributed by atoms with Crippen LogP contribution in [0.1, 0.15) is 13.3 Å². The molecule has 0 saturated carbocycles. The van der Waals surface area contributed by atoms with E-state index in [0.29, 0.717) is 6.42 Å². The highest BCUT2D eigenvalue weighted by atomic mass is 16.3. The Kier molecular flexibility index (Phi) is 4.18. The Morgan fingerprint density at radius 2 is 2.10 bits per heavy atom. The van der Waals surface area contributed by atoms with Crippen molar-refractivity contribution in [3.05, 3.63) is 0 Å². The summed E-state index contributed by atoms with van der Waals surface area (Å²) in [6.07, 6.45) is -1.68. The van der Waals surface area contributed by atoms with Crippen LogP contribution in [0.15, 0.2) is 0 Å². The largest absolute Gasteiger partial charge is 0.388 e. The summed E-state index contributed by atoms with van der Waals surface area (Å²) in [6.45, 7) is 1.77. The van der Waals surface area contributed by atoms with Crippen LogP contribution in [0.5, 0.6) is 0 Å². The van der Waals surface area contributed by atoms with Gasteiger partial charge in [-0.2, -0.15) is 0 Å². The first-order valence-electron chi connectivity index (χ1n) is 3.20. The van der Waals surface area contributed by atoms with E-state index in [-0.39, 0.29) is 6.29 Å². The molecule has 10 heavy (non-hydrogen) atoms. The van der Waals surface area contributed by atoms with E-state index in [4.69, 9.17) is 15.9 Å². The first-order valence-corrected chi connectivity index (χ1v) is 3.20. The van der Waals surface area contributed by atoms with E-state index in [1.54, 1.807) is 6.92 Å². The minimum Gasteiger partial charge on any atom is -0.388 e. The Labute approximate surface area is 59.7 Å². The molecule has 0 aromatic heterocycles. The molecular formula is C6H13NO3. The summed E-state index contributed by atoms with van der Waals surface area (Å²) in [5.41, 5.74) is 5.32. The first kappa shape index (κ1) is 9.55. The predicted molar refractivity (Wildman–Crippen MR) is 36.3 cm³/mol. The maximum absolute atomic E-state index is 9.90. The van der Waals surface area contributed by atoms with E-state index in [2.05, 4.69) is 0 Å². The number of aliphatic hydroxyl groups is 2. The van der Waals surface area contributed by atoms with Crippen LogP contribution in [0.25, 0.3) is 0 Å². The number of hydrogen-bond acceptors (Lipinski definition) is 4. The van der Waals surface area contributed by atoms with Crippen LogP contribution in [0.4, 0.5) is 0 Å². The second-order valence-corrected chi connectivity index (χ2v) is 2.19. The van der Waals surface area contributed by atoms with E-state index in [1.165, 1.54) is 0 Å². The predicted octanol–water partition coefficient (Wildman–Crippen LogP) is -1.36. The molecule has 0 spiro atoms. The fourth-order valence-corrected chi connectivity index (χ4v) is 0.575. The minimum atomic E-state index is -1.35. The molecule has 4 heteroatoms. The Balaban J connectivity index is 3.80. The molecule has 0 aliphatic heterocycles. The van der Waals surface area contributed by atoms with Gasteiger partial charge in [0.25, 0.3) is 0 Å². The van der Waals surface area contributed by atoms with Gasteiger partial charge >= 0.3 is 0 Å². The van der Waals surface area contributed by atoms with Crippen LogP contribution in [-0.4, -0.2) is 34.7 Å². The van der Waals surface area contributed by atoms with E-state index in [1.807, 2.05) is 0 Å². The van der Waals surface area contributed by atoms with E-state index in [9.17, 15) is 4.79 Å². The molecule has 0 aliphatic rings. The number of nitrogens with two attached hydrogens (primary N) is 1. The molecule has 0 rings (SSSR count). The van der Waals surface area contributed by atoms with Crippen molar-refractivity contribution in [1.82, 2.24) is 0 Å². The molecular weight excluding hydrogens is 134 g/mol. The molecule has 0 aliphatic carbocycles. The van der Waals surface area contributed by atoms with Crippen LogP contribution >= 0.6 is 0 Å². The number of carbonyl (C=O) groups is 1. The average molecular weight is 147 g/mol. The van der Waals surface area contributed by atoms with Crippen molar-refractivity contribution in [2.75, 3.05) is 0 Å². The Morgan fingerprint density at radius 1 is 1.60 bits per heavy atom. The van der Waals surface area contributed by atoms with Crippen molar-refractivity contribution in [3.63, 3.8) is 0 Å². The Bertz CT molecular complexity index is 107. The first-order chi connectivity index (χ1) is 4.63. The van der Waals surface area contributed by atoms with Crippen molar-refractivity contribution in [2.24, 2.45) is 5.73 Å². The van der Waals surface area contributed by atoms with Gasteiger partial charge in [-0.3, -0.25) is 0 Å². The van der Waals surface area contributed by atoms with Crippen molar-refractivity contribution in [3.8, 4) is 0 Å². The zero-order valence-electron chi connectivity index (χ0n) is 5.90. The van der Waals surface area contributed by atoms with Crippen molar-refractivity contribution in [1.29, 1.82) is 0 Å². The molecule has 0 aromatic rings. The van der Waals surface area contributed by atoms with Gasteiger partial charge in [0.1, 0.15) is 12.2 Å². The molecule has 4 nitrogen and oxygen atoms in total. The smallest absolute Gasteiger partial charge is 0.151 e. The summed E-state index contributed by atoms with van der Waals surface area (Å²) >= 11 is 0. The lowest BCUT2D eigenvalue weighted by Crippen LogP contribution is -2.43. The summed E-state index contributed by atoms with van der Waals surface area (Å²) in [5.74, 6) is 0. The molecule has 0 heterocycles. The van der Waals surface area contributed by atoms with Crippen molar-refractivity contribution >= 4 is 6.29 Å². The van der Waals surface area contributed by atoms with Crippen LogP contribution < -0.4 is 5.73 Å². The molecule has 0 amide bonds. The van der Waals surface area contributed by atoms with Gasteiger partial charge in [-0.1, -0.05) is 6.92 Å². The molecule has 4 N–H and O–H groups in total. The normalized spacial score (nSPS) is 19.6. The van der Waals surface area contributed by atoms with E-state index in [0.717, 1.165) is 0 Å². The van der Waals surface area contributed by atoms with Gasteiger partial charge in [-0.25, -0.2) is 0 Å². The lowest BCUT2D eigenvalue weighted by atomic mass is 10.1. The van der Waals surface area contributed by atoms with Gasteiger partial charge in [0, 0.05) is 6.04 Å². The fourth-order valence-electron chi connectivity index (χ4n) is 0.575. The third-order valence-corrected chi connectivity index (χ3v) is 1.40. The van der Waals surface area contributed by atoms with Gasteiger partial charge in [-0.15, -0.1) is 0 Å². The summed E-state index contributed by atoms with van der Waals surface area (Å²) in [7, 11) is 0. The average Bonchev–Trinajstić information content (AvgIpc) is 2.00. The second-order valence-electron chi connectivity index (χ2n) is 2.19. The molecule has 0 aromatic carbocycles. The molecule has 0 fully saturated rings. The van der Waals surface area contributed by atoms with E-state index < -0.39 is 18.2 Å². The summed E-state index contributed by atoms with van der Waals surface area (Å²) in [6, 6.07) is -0.528. The standard InChI is InChI=1S/C6H13NO3/c1-2-4(7)6(10)5(9)3-8/h3-6,9-10H,2,7H2,1H3/t4-,5+,6+/m1/s1. The number of aldehydes is 1. The molecule has 0 unspecified atom stereocenters. The van der Waals surface area contributed by atoms with Gasteiger partial charge in [0.05, 0.1) is 0 Å². The van der Waals surface area contributed by atoms with Crippen molar-refractivity contribution in [2.45, 2.75) is 31.6 Å². The van der Waals surface area contributed by atoms with Crippen LogP contribution in [-0.2, 0) is 4.79 Å². The molecule has 0 bridgehead atoms. The Hall–Kier alpha value is -0.450. The summed E-state index contributed by atoms with van der Waals surface area (Å²) in [5, 5.41) is 17.7. The molecule has 0 radical (unpaired) electrons. The SMILES string of the molecule is CC[C@@H](N)[C@H](O)[C@@H](O)C=O. The minimum absolute atomic E-state index is 0.278. The van der Waals surface area contributed by atoms with Crippen LogP contribution in [0, 0.1) is 0 Å². The van der Waals surface area contributed by atoms with Crippen LogP contribution in [0.3, 0.4) is 0 Å². The molecule has 0 saturated heterocycles. The summed E-state index contributed by atoms with van der Waals surface area (Å²) < 4.78 is 0. The quantitative estimate of drug-likeness (QED) is 0.429. The van der Waals surface area contributed by atoms with Gasteiger partial charge < -0.3 is 20.7 Å². The molecule has 60 valence electrons. The fraction of sp³-hybridized carbons (Fsp3) is 0.833. The van der Waals surface area contributed by atoms with Crippen molar-refractivity contribution < 1.29 is 15.0 Å². The second kappa shape index (κ2) is 4.38. The third-order valence-electron chi connectivity index (χ3n) is 1.40. The van der Waals surface area contributed by atoms with Gasteiger partial charge in [-0.05, 0) is 6.42 Å². The topological polar surface area (TPSA) is 83.6 Å². The molecule has 3 atom stereocenters. The number of aliphatic hydroxyl groups excluding tert-OH is 2. The number of hydrogen-bond donors (Lipinski definition) is 3.